The summed E-state index contributed by atoms with van der Waals surface area (Å²) in [6, 6.07) is 17.3. The number of urea groups is 1. The predicted molar refractivity (Wildman–Crippen MR) is 117 cm³/mol. The van der Waals surface area contributed by atoms with Gasteiger partial charge < -0.3 is 20.3 Å². The van der Waals surface area contributed by atoms with Crippen LogP contribution in [0, 0.1) is 6.92 Å². The SMILES string of the molecule is COCCC1(NC(=O)c2ccccc2)CCN(C(=O)NCc2ccc(C)cc2)CC1. The first-order valence-electron chi connectivity index (χ1n) is 10.5. The number of ether oxygens (including phenoxy) is 1. The average molecular weight is 410 g/mol. The highest BCUT2D eigenvalue weighted by Crippen LogP contribution is 2.27. The maximum absolute atomic E-state index is 12.7. The smallest absolute Gasteiger partial charge is 0.317 e. The van der Waals surface area contributed by atoms with E-state index in [9.17, 15) is 9.59 Å². The Bertz CT molecular complexity index is 829. The molecule has 0 spiro atoms. The van der Waals surface area contributed by atoms with Crippen molar-refractivity contribution in [3.63, 3.8) is 0 Å². The zero-order chi connectivity index (χ0) is 21.4. The number of aryl methyl sites for hydroxylation is 1. The minimum absolute atomic E-state index is 0.0645. The van der Waals surface area contributed by atoms with Crippen LogP contribution in [0.3, 0.4) is 0 Å². The summed E-state index contributed by atoms with van der Waals surface area (Å²) in [5.74, 6) is -0.0797. The molecule has 2 aromatic carbocycles. The van der Waals surface area contributed by atoms with Crippen molar-refractivity contribution in [2.45, 2.75) is 38.3 Å². The molecule has 0 radical (unpaired) electrons. The molecule has 2 aromatic rings. The van der Waals surface area contributed by atoms with Crippen LogP contribution in [0.25, 0.3) is 0 Å². The van der Waals surface area contributed by atoms with E-state index in [1.165, 1.54) is 5.56 Å². The van der Waals surface area contributed by atoms with Gasteiger partial charge in [-0.2, -0.15) is 0 Å². The largest absolute Gasteiger partial charge is 0.385 e. The van der Waals surface area contributed by atoms with Gasteiger partial charge in [-0.05, 0) is 43.9 Å². The number of likely N-dealkylation sites (tertiary alicyclic amines) is 1. The number of hydrogen-bond donors (Lipinski definition) is 2. The number of rotatable bonds is 7. The molecule has 1 aliphatic rings. The van der Waals surface area contributed by atoms with Gasteiger partial charge in [0.05, 0.1) is 0 Å². The highest BCUT2D eigenvalue weighted by atomic mass is 16.5. The Morgan fingerprint density at radius 3 is 2.33 bits per heavy atom. The third-order valence-corrected chi connectivity index (χ3v) is 5.77. The van der Waals surface area contributed by atoms with E-state index < -0.39 is 0 Å². The van der Waals surface area contributed by atoms with E-state index in [0.29, 0.717) is 44.6 Å². The summed E-state index contributed by atoms with van der Waals surface area (Å²) in [5, 5.41) is 6.23. The molecule has 1 heterocycles. The summed E-state index contributed by atoms with van der Waals surface area (Å²) >= 11 is 0. The number of carbonyl (C=O) groups is 2. The number of nitrogens with one attached hydrogen (secondary N) is 2. The van der Waals surface area contributed by atoms with Gasteiger partial charge in [-0.1, -0.05) is 48.0 Å². The van der Waals surface area contributed by atoms with E-state index >= 15 is 0 Å². The van der Waals surface area contributed by atoms with Crippen LogP contribution >= 0.6 is 0 Å². The zero-order valence-corrected chi connectivity index (χ0v) is 17.8. The first-order chi connectivity index (χ1) is 14.5. The molecule has 0 saturated carbocycles. The lowest BCUT2D eigenvalue weighted by molar-refractivity contribution is 0.0745. The molecule has 0 aromatic heterocycles. The fraction of sp³-hybridized carbons (Fsp3) is 0.417. The molecule has 1 aliphatic heterocycles. The normalized spacial score (nSPS) is 15.5. The minimum Gasteiger partial charge on any atom is -0.385 e. The molecular formula is C24H31N3O3. The van der Waals surface area contributed by atoms with Crippen LogP contribution < -0.4 is 10.6 Å². The van der Waals surface area contributed by atoms with E-state index in [1.807, 2.05) is 66.4 Å². The third-order valence-electron chi connectivity index (χ3n) is 5.77. The van der Waals surface area contributed by atoms with E-state index in [4.69, 9.17) is 4.74 Å². The standard InChI is InChI=1S/C24H31N3O3/c1-19-8-10-20(11-9-19)18-25-23(29)27-15-12-24(13-16-27,14-17-30-2)26-22(28)21-6-4-3-5-7-21/h3-11H,12-18H2,1-2H3,(H,25,29)(H,26,28). The third kappa shape index (κ3) is 5.83. The number of benzene rings is 2. The van der Waals surface area contributed by atoms with Crippen LogP contribution in [0.5, 0.6) is 0 Å². The van der Waals surface area contributed by atoms with E-state index in [1.54, 1.807) is 7.11 Å². The van der Waals surface area contributed by atoms with Crippen LogP contribution in [0.2, 0.25) is 0 Å². The Morgan fingerprint density at radius 2 is 1.70 bits per heavy atom. The zero-order valence-electron chi connectivity index (χ0n) is 17.8. The molecule has 160 valence electrons. The van der Waals surface area contributed by atoms with Crippen molar-refractivity contribution in [1.82, 2.24) is 15.5 Å². The highest BCUT2D eigenvalue weighted by molar-refractivity contribution is 5.94. The summed E-state index contributed by atoms with van der Waals surface area (Å²) in [5.41, 5.74) is 2.56. The Balaban J connectivity index is 1.56. The number of amides is 3. The Morgan fingerprint density at radius 1 is 1.03 bits per heavy atom. The topological polar surface area (TPSA) is 70.7 Å². The van der Waals surface area contributed by atoms with Gasteiger partial charge in [-0.15, -0.1) is 0 Å². The molecule has 3 rings (SSSR count). The monoisotopic (exact) mass is 409 g/mol. The van der Waals surface area contributed by atoms with Crippen molar-refractivity contribution >= 4 is 11.9 Å². The number of carbonyl (C=O) groups excluding carboxylic acids is 2. The molecular weight excluding hydrogens is 378 g/mol. The second-order valence-electron chi connectivity index (χ2n) is 7.97. The molecule has 2 N–H and O–H groups in total. The van der Waals surface area contributed by atoms with Crippen molar-refractivity contribution in [3.05, 3.63) is 71.3 Å². The average Bonchev–Trinajstić information content (AvgIpc) is 2.78. The lowest BCUT2D eigenvalue weighted by atomic mass is 9.84. The van der Waals surface area contributed by atoms with Crippen molar-refractivity contribution in [2.75, 3.05) is 26.8 Å². The minimum atomic E-state index is -0.364. The van der Waals surface area contributed by atoms with Crippen molar-refractivity contribution in [3.8, 4) is 0 Å². The van der Waals surface area contributed by atoms with Crippen LogP contribution in [0.15, 0.2) is 54.6 Å². The maximum atomic E-state index is 12.7. The van der Waals surface area contributed by atoms with Gasteiger partial charge in [0.15, 0.2) is 0 Å². The molecule has 0 bridgehead atoms. The van der Waals surface area contributed by atoms with Crippen molar-refractivity contribution in [1.29, 1.82) is 0 Å². The quantitative estimate of drug-likeness (QED) is 0.735. The summed E-state index contributed by atoms with van der Waals surface area (Å²) in [4.78, 5) is 27.2. The van der Waals surface area contributed by atoms with Gasteiger partial charge in [0, 0.05) is 44.5 Å². The van der Waals surface area contributed by atoms with Crippen molar-refractivity contribution < 1.29 is 14.3 Å². The summed E-state index contributed by atoms with van der Waals surface area (Å²) in [6.45, 7) is 4.31. The van der Waals surface area contributed by atoms with Crippen LogP contribution in [-0.2, 0) is 11.3 Å². The van der Waals surface area contributed by atoms with Crippen molar-refractivity contribution in [2.24, 2.45) is 0 Å². The Labute approximate surface area is 178 Å². The van der Waals surface area contributed by atoms with Gasteiger partial charge in [0.1, 0.15) is 0 Å². The number of nitrogens with zero attached hydrogens (tertiary/aromatic N) is 1. The summed E-state index contributed by atoms with van der Waals surface area (Å²) in [7, 11) is 1.67. The summed E-state index contributed by atoms with van der Waals surface area (Å²) < 4.78 is 5.28. The van der Waals surface area contributed by atoms with Crippen LogP contribution in [0.4, 0.5) is 4.79 Å². The van der Waals surface area contributed by atoms with Crippen LogP contribution in [0.1, 0.15) is 40.7 Å². The second-order valence-corrected chi connectivity index (χ2v) is 7.97. The van der Waals surface area contributed by atoms with Gasteiger partial charge in [-0.25, -0.2) is 4.79 Å². The molecule has 6 nitrogen and oxygen atoms in total. The van der Waals surface area contributed by atoms with Gasteiger partial charge in [0.2, 0.25) is 0 Å². The molecule has 0 unspecified atom stereocenters. The lowest BCUT2D eigenvalue weighted by Crippen LogP contribution is -2.57. The molecule has 1 saturated heterocycles. The molecule has 6 heteroatoms. The Kier molecular flexibility index (Phi) is 7.46. The summed E-state index contributed by atoms with van der Waals surface area (Å²) in [6.07, 6.45) is 2.13. The fourth-order valence-corrected chi connectivity index (χ4v) is 3.77. The number of hydrogen-bond acceptors (Lipinski definition) is 3. The van der Waals surface area contributed by atoms with Crippen LogP contribution in [-0.4, -0.2) is 49.2 Å². The lowest BCUT2D eigenvalue weighted by Gasteiger charge is -2.42. The van der Waals surface area contributed by atoms with E-state index in [2.05, 4.69) is 10.6 Å². The van der Waals surface area contributed by atoms with Gasteiger partial charge >= 0.3 is 6.03 Å². The van der Waals surface area contributed by atoms with E-state index in [-0.39, 0.29) is 17.5 Å². The molecule has 1 fully saturated rings. The number of methoxy groups -OCH3 is 1. The highest BCUT2D eigenvalue weighted by Gasteiger charge is 2.37. The fourth-order valence-electron chi connectivity index (χ4n) is 3.77. The molecule has 0 aliphatic carbocycles. The number of piperidine rings is 1. The predicted octanol–water partition coefficient (Wildman–Crippen LogP) is 3.51. The molecule has 30 heavy (non-hydrogen) atoms. The van der Waals surface area contributed by atoms with Gasteiger partial charge in [-0.3, -0.25) is 4.79 Å². The molecule has 3 amide bonds. The van der Waals surface area contributed by atoms with E-state index in [0.717, 1.165) is 12.0 Å². The second kappa shape index (κ2) is 10.3. The maximum Gasteiger partial charge on any atom is 0.317 e. The molecule has 0 atom stereocenters. The van der Waals surface area contributed by atoms with Gasteiger partial charge in [0.25, 0.3) is 5.91 Å². The Hall–Kier alpha value is -2.86. The first kappa shape index (κ1) is 21.8. The first-order valence-corrected chi connectivity index (χ1v) is 10.5.